The van der Waals surface area contributed by atoms with Gasteiger partial charge in [-0.25, -0.2) is 4.98 Å². The average molecular weight is 263 g/mol. The van der Waals surface area contributed by atoms with Gasteiger partial charge in [-0.2, -0.15) is 0 Å². The molecule has 0 radical (unpaired) electrons. The fraction of sp³-hybridized carbons (Fsp3) is 0.462. The van der Waals surface area contributed by atoms with Crippen molar-refractivity contribution in [2.24, 2.45) is 11.7 Å². The Morgan fingerprint density at radius 1 is 1.53 bits per heavy atom. The summed E-state index contributed by atoms with van der Waals surface area (Å²) >= 11 is 0. The van der Waals surface area contributed by atoms with Crippen molar-refractivity contribution in [2.75, 3.05) is 11.4 Å². The van der Waals surface area contributed by atoms with Crippen molar-refractivity contribution in [1.29, 1.82) is 0 Å². The third-order valence-electron chi connectivity index (χ3n) is 3.55. The van der Waals surface area contributed by atoms with Crippen molar-refractivity contribution >= 4 is 17.7 Å². The van der Waals surface area contributed by atoms with E-state index in [1.807, 2.05) is 11.8 Å². The molecule has 3 N–H and O–H groups in total. The van der Waals surface area contributed by atoms with Crippen LogP contribution in [0.4, 0.5) is 5.82 Å². The van der Waals surface area contributed by atoms with Gasteiger partial charge in [0.15, 0.2) is 0 Å². The molecule has 1 amide bonds. The first-order chi connectivity index (χ1) is 9.00. The zero-order valence-electron chi connectivity index (χ0n) is 10.7. The number of carbonyl (C=O) groups excluding carboxylic acids is 1. The lowest BCUT2D eigenvalue weighted by Crippen LogP contribution is -2.44. The molecule has 102 valence electrons. The van der Waals surface area contributed by atoms with Crippen LogP contribution < -0.4 is 10.6 Å². The molecule has 6 heteroatoms. The number of aliphatic carboxylic acids is 1. The smallest absolute Gasteiger partial charge is 0.306 e. The van der Waals surface area contributed by atoms with E-state index in [-0.39, 0.29) is 12.0 Å². The largest absolute Gasteiger partial charge is 0.481 e. The van der Waals surface area contributed by atoms with Gasteiger partial charge in [0.05, 0.1) is 11.5 Å². The van der Waals surface area contributed by atoms with E-state index in [4.69, 9.17) is 10.8 Å². The van der Waals surface area contributed by atoms with E-state index in [0.717, 1.165) is 0 Å². The van der Waals surface area contributed by atoms with Gasteiger partial charge >= 0.3 is 5.97 Å². The molecule has 1 aliphatic heterocycles. The standard InChI is InChI=1S/C13H17N3O3/c1-8-7-9(13(18)19)4-6-16(8)12-10(11(14)17)3-2-5-15-12/h2-3,5,8-9H,4,6-7H2,1H3,(H2,14,17)(H,18,19). The summed E-state index contributed by atoms with van der Waals surface area (Å²) in [5, 5.41) is 9.05. The number of aromatic nitrogens is 1. The summed E-state index contributed by atoms with van der Waals surface area (Å²) in [5.74, 6) is -1.06. The van der Waals surface area contributed by atoms with Crippen LogP contribution in [0.15, 0.2) is 18.3 Å². The number of hydrogen-bond donors (Lipinski definition) is 2. The number of piperidine rings is 1. The molecule has 6 nitrogen and oxygen atoms in total. The molecular weight excluding hydrogens is 246 g/mol. The van der Waals surface area contributed by atoms with Gasteiger partial charge in [-0.3, -0.25) is 9.59 Å². The third-order valence-corrected chi connectivity index (χ3v) is 3.55. The number of carboxylic acid groups (broad SMARTS) is 1. The summed E-state index contributed by atoms with van der Waals surface area (Å²) < 4.78 is 0. The number of carbonyl (C=O) groups is 2. The summed E-state index contributed by atoms with van der Waals surface area (Å²) in [7, 11) is 0. The molecule has 0 bridgehead atoms. The highest BCUT2D eigenvalue weighted by molar-refractivity contribution is 5.97. The topological polar surface area (TPSA) is 96.5 Å². The van der Waals surface area contributed by atoms with E-state index in [2.05, 4.69) is 4.98 Å². The van der Waals surface area contributed by atoms with Gasteiger partial charge in [-0.1, -0.05) is 0 Å². The normalized spacial score (nSPS) is 23.1. The number of carboxylic acids is 1. The quantitative estimate of drug-likeness (QED) is 0.843. The molecule has 1 aromatic rings. The second kappa shape index (κ2) is 5.26. The third kappa shape index (κ3) is 2.67. The van der Waals surface area contributed by atoms with Crippen LogP contribution in [0.1, 0.15) is 30.1 Å². The van der Waals surface area contributed by atoms with Crippen molar-refractivity contribution in [1.82, 2.24) is 4.98 Å². The van der Waals surface area contributed by atoms with Crippen LogP contribution in [0.25, 0.3) is 0 Å². The second-order valence-corrected chi connectivity index (χ2v) is 4.84. The molecule has 0 aliphatic carbocycles. The van der Waals surface area contributed by atoms with Crippen LogP contribution in [0.2, 0.25) is 0 Å². The van der Waals surface area contributed by atoms with Gasteiger partial charge in [0.25, 0.3) is 5.91 Å². The maximum absolute atomic E-state index is 11.4. The Kier molecular flexibility index (Phi) is 3.69. The first kappa shape index (κ1) is 13.3. The minimum Gasteiger partial charge on any atom is -0.481 e. The van der Waals surface area contributed by atoms with Gasteiger partial charge in [0.1, 0.15) is 5.82 Å². The van der Waals surface area contributed by atoms with E-state index in [0.29, 0.717) is 30.8 Å². The lowest BCUT2D eigenvalue weighted by atomic mass is 9.91. The molecule has 1 saturated heterocycles. The molecule has 19 heavy (non-hydrogen) atoms. The lowest BCUT2D eigenvalue weighted by Gasteiger charge is -2.37. The highest BCUT2D eigenvalue weighted by Gasteiger charge is 2.31. The molecule has 1 aromatic heterocycles. The fourth-order valence-corrected chi connectivity index (χ4v) is 2.53. The van der Waals surface area contributed by atoms with E-state index < -0.39 is 11.9 Å². The van der Waals surface area contributed by atoms with E-state index in [1.54, 1.807) is 18.3 Å². The zero-order chi connectivity index (χ0) is 14.0. The molecule has 0 spiro atoms. The monoisotopic (exact) mass is 263 g/mol. The SMILES string of the molecule is CC1CC(C(=O)O)CCN1c1ncccc1C(N)=O. The van der Waals surface area contributed by atoms with Crippen LogP contribution in [0.3, 0.4) is 0 Å². The Hall–Kier alpha value is -2.11. The minimum absolute atomic E-state index is 0.0165. The minimum atomic E-state index is -0.761. The van der Waals surface area contributed by atoms with E-state index >= 15 is 0 Å². The summed E-state index contributed by atoms with van der Waals surface area (Å²) in [5.41, 5.74) is 5.72. The Bertz CT molecular complexity index is 504. The Morgan fingerprint density at radius 2 is 2.26 bits per heavy atom. The van der Waals surface area contributed by atoms with Crippen LogP contribution >= 0.6 is 0 Å². The highest BCUT2D eigenvalue weighted by Crippen LogP contribution is 2.28. The van der Waals surface area contributed by atoms with Crippen LogP contribution in [-0.2, 0) is 4.79 Å². The van der Waals surface area contributed by atoms with Gasteiger partial charge in [-0.05, 0) is 31.9 Å². The van der Waals surface area contributed by atoms with Crippen molar-refractivity contribution in [3.8, 4) is 0 Å². The molecule has 0 aromatic carbocycles. The number of nitrogens with two attached hydrogens (primary N) is 1. The number of hydrogen-bond acceptors (Lipinski definition) is 4. The molecule has 1 aliphatic rings. The summed E-state index contributed by atoms with van der Waals surface area (Å²) in [4.78, 5) is 28.6. The fourth-order valence-electron chi connectivity index (χ4n) is 2.53. The maximum atomic E-state index is 11.4. The Balaban J connectivity index is 2.24. The van der Waals surface area contributed by atoms with Crippen molar-refractivity contribution in [3.63, 3.8) is 0 Å². The molecule has 2 rings (SSSR count). The van der Waals surface area contributed by atoms with Crippen molar-refractivity contribution in [3.05, 3.63) is 23.9 Å². The maximum Gasteiger partial charge on any atom is 0.306 e. The van der Waals surface area contributed by atoms with Crippen molar-refractivity contribution in [2.45, 2.75) is 25.8 Å². The molecule has 2 unspecified atom stereocenters. The van der Waals surface area contributed by atoms with E-state index in [9.17, 15) is 9.59 Å². The van der Waals surface area contributed by atoms with Crippen LogP contribution in [0.5, 0.6) is 0 Å². The number of pyridine rings is 1. The predicted octanol–water partition coefficient (Wildman–Crippen LogP) is 0.870. The van der Waals surface area contributed by atoms with E-state index in [1.165, 1.54) is 0 Å². The molecule has 2 heterocycles. The van der Waals surface area contributed by atoms with Crippen molar-refractivity contribution < 1.29 is 14.7 Å². The zero-order valence-corrected chi connectivity index (χ0v) is 10.7. The molecule has 2 atom stereocenters. The Labute approximate surface area is 111 Å². The molecule has 0 saturated carbocycles. The number of amides is 1. The van der Waals surface area contributed by atoms with Gasteiger partial charge < -0.3 is 15.7 Å². The Morgan fingerprint density at radius 3 is 2.84 bits per heavy atom. The number of anilines is 1. The first-order valence-corrected chi connectivity index (χ1v) is 6.25. The van der Waals surface area contributed by atoms with Gasteiger partial charge in [0, 0.05) is 18.8 Å². The first-order valence-electron chi connectivity index (χ1n) is 6.25. The molecule has 1 fully saturated rings. The molecular formula is C13H17N3O3. The summed E-state index contributed by atoms with van der Waals surface area (Å²) in [6.45, 7) is 2.50. The number of primary amides is 1. The van der Waals surface area contributed by atoms with Crippen LogP contribution in [0, 0.1) is 5.92 Å². The predicted molar refractivity (Wildman–Crippen MR) is 69.9 cm³/mol. The van der Waals surface area contributed by atoms with Crippen LogP contribution in [-0.4, -0.2) is 34.6 Å². The number of nitrogens with zero attached hydrogens (tertiary/aromatic N) is 2. The average Bonchev–Trinajstić information content (AvgIpc) is 2.38. The second-order valence-electron chi connectivity index (χ2n) is 4.84. The number of rotatable bonds is 3. The summed E-state index contributed by atoms with van der Waals surface area (Å²) in [6.07, 6.45) is 2.70. The summed E-state index contributed by atoms with van der Waals surface area (Å²) in [6, 6.07) is 3.32. The highest BCUT2D eigenvalue weighted by atomic mass is 16.4. The van der Waals surface area contributed by atoms with Gasteiger partial charge in [-0.15, -0.1) is 0 Å². The van der Waals surface area contributed by atoms with Gasteiger partial charge in [0.2, 0.25) is 0 Å². The lowest BCUT2D eigenvalue weighted by molar-refractivity contribution is -0.142.